The molecule has 22 heavy (non-hydrogen) atoms. The van der Waals surface area contributed by atoms with E-state index in [1.165, 1.54) is 26.2 Å². The molecule has 0 saturated heterocycles. The van der Waals surface area contributed by atoms with Crippen molar-refractivity contribution in [2.75, 3.05) is 13.2 Å². The predicted octanol–water partition coefficient (Wildman–Crippen LogP) is 3.83. The molecular weight excluding hydrogens is 284 g/mol. The number of carbonyl (C=O) groups is 3. The van der Waals surface area contributed by atoms with Crippen LogP contribution in [0.15, 0.2) is 0 Å². The smallest absolute Gasteiger partial charge is 0.313 e. The summed E-state index contributed by atoms with van der Waals surface area (Å²) in [5, 5.41) is 0. The highest BCUT2D eigenvalue weighted by Gasteiger charge is 2.03. The van der Waals surface area contributed by atoms with Gasteiger partial charge in [-0.1, -0.05) is 39.5 Å². The van der Waals surface area contributed by atoms with Gasteiger partial charge in [0.1, 0.15) is 12.2 Å². The summed E-state index contributed by atoms with van der Waals surface area (Å²) in [5.41, 5.74) is 0. The number of unbranched alkanes of at least 4 members (excludes halogenated alkanes) is 4. The van der Waals surface area contributed by atoms with Gasteiger partial charge in [0.15, 0.2) is 0 Å². The highest BCUT2D eigenvalue weighted by atomic mass is 16.5. The zero-order chi connectivity index (χ0) is 17.2. The van der Waals surface area contributed by atoms with Gasteiger partial charge in [0.05, 0.1) is 13.2 Å². The van der Waals surface area contributed by atoms with E-state index in [2.05, 4.69) is 18.6 Å². The van der Waals surface area contributed by atoms with Gasteiger partial charge in [-0.2, -0.15) is 0 Å². The maximum Gasteiger partial charge on any atom is 0.313 e. The van der Waals surface area contributed by atoms with Crippen molar-refractivity contribution in [3.63, 3.8) is 0 Å². The summed E-state index contributed by atoms with van der Waals surface area (Å²) in [4.78, 5) is 31.7. The van der Waals surface area contributed by atoms with Crippen LogP contribution in [0.4, 0.5) is 0 Å². The number of rotatable bonds is 11. The van der Waals surface area contributed by atoms with E-state index in [0.29, 0.717) is 19.6 Å². The molecule has 130 valence electrons. The van der Waals surface area contributed by atoms with E-state index in [0.717, 1.165) is 19.3 Å². The molecular formula is C17H32O5. The molecule has 0 radical (unpaired) electrons. The average molecular weight is 316 g/mol. The molecule has 0 aliphatic rings. The van der Waals surface area contributed by atoms with E-state index in [1.54, 1.807) is 6.92 Å². The quantitative estimate of drug-likeness (QED) is 0.329. The second-order valence-corrected chi connectivity index (χ2v) is 5.07. The standard InChI is InChI=1S/C11H22O2.C6H10O3/c1-3-5-7-8-10-13-11(12)9-6-4-2;1-3-9-6(8)4-5(2)7/h3-10H2,1-2H3;3-4H2,1-2H3. The summed E-state index contributed by atoms with van der Waals surface area (Å²) in [6.45, 7) is 8.27. The molecule has 5 nitrogen and oxygen atoms in total. The highest BCUT2D eigenvalue weighted by molar-refractivity contribution is 5.94. The molecule has 0 aromatic carbocycles. The van der Waals surface area contributed by atoms with Gasteiger partial charge in [0, 0.05) is 6.42 Å². The first kappa shape index (κ1) is 22.9. The average Bonchev–Trinajstić information content (AvgIpc) is 2.45. The molecule has 0 aromatic rings. The SMILES string of the molecule is CCCCCCOC(=O)CCCC.CCOC(=O)CC(C)=O. The van der Waals surface area contributed by atoms with Crippen LogP contribution in [0.1, 0.15) is 79.1 Å². The molecule has 0 spiro atoms. The molecule has 0 atom stereocenters. The van der Waals surface area contributed by atoms with E-state index in [1.807, 2.05) is 0 Å². The van der Waals surface area contributed by atoms with Gasteiger partial charge in [0.25, 0.3) is 0 Å². The normalized spacial score (nSPS) is 9.45. The molecule has 0 heterocycles. The maximum atomic E-state index is 11.0. The molecule has 0 aliphatic carbocycles. The Morgan fingerprint density at radius 3 is 1.91 bits per heavy atom. The number of ether oxygens (including phenoxy) is 2. The van der Waals surface area contributed by atoms with Gasteiger partial charge >= 0.3 is 11.9 Å². The first-order valence-electron chi connectivity index (χ1n) is 8.28. The minimum atomic E-state index is -0.440. The summed E-state index contributed by atoms with van der Waals surface area (Å²) in [6, 6.07) is 0. The topological polar surface area (TPSA) is 69.7 Å². The summed E-state index contributed by atoms with van der Waals surface area (Å²) in [5.74, 6) is -0.628. The minimum absolute atomic E-state index is 0.0293. The summed E-state index contributed by atoms with van der Waals surface area (Å²) in [6.07, 6.45) is 7.16. The third-order valence-corrected chi connectivity index (χ3v) is 2.69. The van der Waals surface area contributed by atoms with Crippen molar-refractivity contribution in [1.82, 2.24) is 0 Å². The van der Waals surface area contributed by atoms with Crippen LogP contribution >= 0.6 is 0 Å². The Hall–Kier alpha value is -1.39. The Kier molecular flexibility index (Phi) is 18.4. The van der Waals surface area contributed by atoms with Crippen molar-refractivity contribution in [2.24, 2.45) is 0 Å². The molecule has 0 amide bonds. The largest absolute Gasteiger partial charge is 0.466 e. The second kappa shape index (κ2) is 17.7. The van der Waals surface area contributed by atoms with Crippen molar-refractivity contribution in [3.8, 4) is 0 Å². The molecule has 0 saturated carbocycles. The molecule has 0 bridgehead atoms. The maximum absolute atomic E-state index is 11.0. The predicted molar refractivity (Wildman–Crippen MR) is 86.6 cm³/mol. The molecule has 0 aliphatic heterocycles. The van der Waals surface area contributed by atoms with Crippen molar-refractivity contribution in [2.45, 2.75) is 79.1 Å². The number of ketones is 1. The summed E-state index contributed by atoms with van der Waals surface area (Å²) in [7, 11) is 0. The van der Waals surface area contributed by atoms with Gasteiger partial charge in [-0.25, -0.2) is 0 Å². The zero-order valence-electron chi connectivity index (χ0n) is 14.6. The number of carbonyl (C=O) groups excluding carboxylic acids is 3. The number of Topliss-reactive ketones (excluding diaryl/α,β-unsaturated/α-hetero) is 1. The van der Waals surface area contributed by atoms with E-state index in [9.17, 15) is 14.4 Å². The van der Waals surface area contributed by atoms with Crippen LogP contribution in [0.25, 0.3) is 0 Å². The Balaban J connectivity index is 0. The fourth-order valence-corrected chi connectivity index (χ4v) is 1.52. The van der Waals surface area contributed by atoms with Crippen LogP contribution in [0.5, 0.6) is 0 Å². The van der Waals surface area contributed by atoms with Crippen LogP contribution in [0.3, 0.4) is 0 Å². The Morgan fingerprint density at radius 1 is 0.773 bits per heavy atom. The van der Waals surface area contributed by atoms with Gasteiger partial charge in [-0.05, 0) is 26.7 Å². The summed E-state index contributed by atoms with van der Waals surface area (Å²) < 4.78 is 9.54. The van der Waals surface area contributed by atoms with E-state index in [4.69, 9.17) is 4.74 Å². The Labute approximate surface area is 134 Å². The summed E-state index contributed by atoms with van der Waals surface area (Å²) >= 11 is 0. The van der Waals surface area contributed by atoms with Crippen molar-refractivity contribution < 1.29 is 23.9 Å². The fraction of sp³-hybridized carbons (Fsp3) is 0.824. The van der Waals surface area contributed by atoms with Crippen LogP contribution in [0.2, 0.25) is 0 Å². The molecule has 0 rings (SSSR count). The lowest BCUT2D eigenvalue weighted by Gasteiger charge is -2.03. The van der Waals surface area contributed by atoms with Gasteiger partial charge < -0.3 is 9.47 Å². The van der Waals surface area contributed by atoms with Gasteiger partial charge in [-0.3, -0.25) is 14.4 Å². The molecule has 5 heteroatoms. The van der Waals surface area contributed by atoms with E-state index in [-0.39, 0.29) is 18.2 Å². The van der Waals surface area contributed by atoms with Crippen molar-refractivity contribution >= 4 is 17.7 Å². The third kappa shape index (κ3) is 20.9. The monoisotopic (exact) mass is 316 g/mol. The van der Waals surface area contributed by atoms with Crippen LogP contribution < -0.4 is 0 Å². The van der Waals surface area contributed by atoms with Gasteiger partial charge in [0.2, 0.25) is 0 Å². The lowest BCUT2D eigenvalue weighted by molar-refractivity contribution is -0.145. The molecule has 0 aromatic heterocycles. The molecule has 0 fully saturated rings. The zero-order valence-corrected chi connectivity index (χ0v) is 14.6. The Morgan fingerprint density at radius 2 is 1.41 bits per heavy atom. The number of hydrogen-bond acceptors (Lipinski definition) is 5. The van der Waals surface area contributed by atoms with Crippen molar-refractivity contribution in [3.05, 3.63) is 0 Å². The fourth-order valence-electron chi connectivity index (χ4n) is 1.52. The first-order valence-corrected chi connectivity index (χ1v) is 8.28. The number of esters is 2. The Bertz CT molecular complexity index is 299. The van der Waals surface area contributed by atoms with Crippen molar-refractivity contribution in [1.29, 1.82) is 0 Å². The van der Waals surface area contributed by atoms with Crippen LogP contribution in [-0.2, 0) is 23.9 Å². The highest BCUT2D eigenvalue weighted by Crippen LogP contribution is 2.01. The van der Waals surface area contributed by atoms with E-state index < -0.39 is 5.97 Å². The number of hydrogen-bond donors (Lipinski definition) is 0. The second-order valence-electron chi connectivity index (χ2n) is 5.07. The third-order valence-electron chi connectivity index (χ3n) is 2.69. The van der Waals surface area contributed by atoms with E-state index >= 15 is 0 Å². The first-order chi connectivity index (χ1) is 10.5. The lowest BCUT2D eigenvalue weighted by atomic mass is 10.2. The lowest BCUT2D eigenvalue weighted by Crippen LogP contribution is -2.07. The minimum Gasteiger partial charge on any atom is -0.466 e. The van der Waals surface area contributed by atoms with Crippen LogP contribution in [-0.4, -0.2) is 30.9 Å². The molecule has 0 unspecified atom stereocenters. The molecule has 0 N–H and O–H groups in total. The van der Waals surface area contributed by atoms with Gasteiger partial charge in [-0.15, -0.1) is 0 Å². The van der Waals surface area contributed by atoms with Crippen LogP contribution in [0, 0.1) is 0 Å².